The molecule has 0 saturated heterocycles. The van der Waals surface area contributed by atoms with Crippen LogP contribution in [0.4, 0.5) is 5.95 Å². The third-order valence-corrected chi connectivity index (χ3v) is 2.12. The molecule has 1 heterocycles. The van der Waals surface area contributed by atoms with Gasteiger partial charge in [-0.3, -0.25) is 5.43 Å². The number of ether oxygens (including phenoxy) is 1. The minimum atomic E-state index is 0.399. The highest BCUT2D eigenvalue weighted by Crippen LogP contribution is 2.29. The van der Waals surface area contributed by atoms with Crippen molar-refractivity contribution in [1.29, 1.82) is 0 Å². The summed E-state index contributed by atoms with van der Waals surface area (Å²) in [5.74, 6) is 6.94. The van der Waals surface area contributed by atoms with Gasteiger partial charge in [0.2, 0.25) is 11.8 Å². The van der Waals surface area contributed by atoms with E-state index in [2.05, 4.69) is 15.4 Å². The van der Waals surface area contributed by atoms with Crippen LogP contribution in [0.25, 0.3) is 0 Å². The zero-order chi connectivity index (χ0) is 9.97. The molecule has 0 amide bonds. The number of hydrogen-bond acceptors (Lipinski definition) is 5. The molecule has 5 nitrogen and oxygen atoms in total. The molecule has 14 heavy (non-hydrogen) atoms. The number of hydrazine groups is 1. The standard InChI is InChI=1S/C9H14N4O/c1-6-4-8(12-9(11-6)13-10)14-5-7-2-3-7/h4,7H,2-3,5,10H2,1H3,(H,11,12,13). The van der Waals surface area contributed by atoms with E-state index < -0.39 is 0 Å². The Morgan fingerprint density at radius 1 is 1.57 bits per heavy atom. The van der Waals surface area contributed by atoms with E-state index in [9.17, 15) is 0 Å². The van der Waals surface area contributed by atoms with E-state index in [1.807, 2.05) is 13.0 Å². The van der Waals surface area contributed by atoms with Crippen LogP contribution in [0.3, 0.4) is 0 Å². The molecule has 3 N–H and O–H groups in total. The molecule has 1 aromatic heterocycles. The van der Waals surface area contributed by atoms with E-state index in [4.69, 9.17) is 10.6 Å². The maximum Gasteiger partial charge on any atom is 0.240 e. The Balaban J connectivity index is 2.03. The third kappa shape index (κ3) is 2.32. The van der Waals surface area contributed by atoms with Crippen LogP contribution in [-0.4, -0.2) is 16.6 Å². The van der Waals surface area contributed by atoms with Gasteiger partial charge in [0.1, 0.15) is 0 Å². The first-order valence-corrected chi connectivity index (χ1v) is 4.73. The molecular weight excluding hydrogens is 180 g/mol. The SMILES string of the molecule is Cc1cc(OCC2CC2)nc(NN)n1. The second kappa shape index (κ2) is 3.79. The molecule has 1 aliphatic carbocycles. The van der Waals surface area contributed by atoms with Crippen LogP contribution in [0, 0.1) is 12.8 Å². The predicted octanol–water partition coefficient (Wildman–Crippen LogP) is 0.859. The second-order valence-electron chi connectivity index (χ2n) is 3.57. The van der Waals surface area contributed by atoms with E-state index in [-0.39, 0.29) is 0 Å². The Labute approximate surface area is 82.7 Å². The lowest BCUT2D eigenvalue weighted by atomic mass is 10.4. The van der Waals surface area contributed by atoms with Gasteiger partial charge in [0.25, 0.3) is 0 Å². The fourth-order valence-electron chi connectivity index (χ4n) is 1.17. The molecule has 1 fully saturated rings. The summed E-state index contributed by atoms with van der Waals surface area (Å²) in [4.78, 5) is 8.15. The summed E-state index contributed by atoms with van der Waals surface area (Å²) < 4.78 is 5.51. The van der Waals surface area contributed by atoms with E-state index in [1.165, 1.54) is 12.8 Å². The van der Waals surface area contributed by atoms with Crippen LogP contribution in [0.2, 0.25) is 0 Å². The maximum absolute atomic E-state index is 5.51. The molecule has 0 aliphatic heterocycles. The van der Waals surface area contributed by atoms with Crippen molar-refractivity contribution in [1.82, 2.24) is 9.97 Å². The minimum absolute atomic E-state index is 0.399. The number of aromatic nitrogens is 2. The number of anilines is 1. The number of hydrogen-bond donors (Lipinski definition) is 2. The number of nitrogen functional groups attached to an aromatic ring is 1. The van der Waals surface area contributed by atoms with Crippen molar-refractivity contribution >= 4 is 5.95 Å². The molecule has 1 aliphatic rings. The largest absolute Gasteiger partial charge is 0.477 e. The molecule has 0 atom stereocenters. The van der Waals surface area contributed by atoms with Crippen molar-refractivity contribution in [2.45, 2.75) is 19.8 Å². The Kier molecular flexibility index (Phi) is 2.49. The number of aryl methyl sites for hydroxylation is 1. The van der Waals surface area contributed by atoms with E-state index in [1.54, 1.807) is 0 Å². The Morgan fingerprint density at radius 3 is 3.00 bits per heavy atom. The number of nitrogens with two attached hydrogens (primary N) is 1. The van der Waals surface area contributed by atoms with Crippen LogP contribution in [0.15, 0.2) is 6.07 Å². The Morgan fingerprint density at radius 2 is 2.36 bits per heavy atom. The normalized spacial score (nSPS) is 15.3. The summed E-state index contributed by atoms with van der Waals surface area (Å²) >= 11 is 0. The van der Waals surface area contributed by atoms with Crippen molar-refractivity contribution in [2.75, 3.05) is 12.0 Å². The third-order valence-electron chi connectivity index (χ3n) is 2.12. The molecule has 5 heteroatoms. The molecule has 0 radical (unpaired) electrons. The molecule has 0 bridgehead atoms. The van der Waals surface area contributed by atoms with Gasteiger partial charge >= 0.3 is 0 Å². The van der Waals surface area contributed by atoms with Crippen LogP contribution in [0.1, 0.15) is 18.5 Å². The summed E-state index contributed by atoms with van der Waals surface area (Å²) in [6.45, 7) is 2.63. The van der Waals surface area contributed by atoms with Crippen molar-refractivity contribution in [2.24, 2.45) is 11.8 Å². The van der Waals surface area contributed by atoms with Crippen LogP contribution in [0.5, 0.6) is 5.88 Å². The number of rotatable bonds is 4. The predicted molar refractivity (Wildman–Crippen MR) is 52.8 cm³/mol. The van der Waals surface area contributed by atoms with Crippen LogP contribution < -0.4 is 16.0 Å². The number of nitrogens with one attached hydrogen (secondary N) is 1. The molecule has 76 valence electrons. The Hall–Kier alpha value is -1.36. The molecule has 0 unspecified atom stereocenters. The van der Waals surface area contributed by atoms with Gasteiger partial charge in [-0.2, -0.15) is 4.98 Å². The van der Waals surface area contributed by atoms with Gasteiger partial charge in [-0.05, 0) is 25.7 Å². The molecule has 2 rings (SSSR count). The molecule has 0 aromatic carbocycles. The number of nitrogens with zero attached hydrogens (tertiary/aromatic N) is 2. The highest BCUT2D eigenvalue weighted by atomic mass is 16.5. The lowest BCUT2D eigenvalue weighted by molar-refractivity contribution is 0.288. The molecule has 1 saturated carbocycles. The summed E-state index contributed by atoms with van der Waals surface area (Å²) in [7, 11) is 0. The summed E-state index contributed by atoms with van der Waals surface area (Å²) in [6.07, 6.45) is 2.54. The maximum atomic E-state index is 5.51. The average Bonchev–Trinajstić information content (AvgIpc) is 2.97. The molecule has 1 aromatic rings. The first-order chi connectivity index (χ1) is 6.78. The molecule has 0 spiro atoms. The van der Waals surface area contributed by atoms with Crippen molar-refractivity contribution in [3.8, 4) is 5.88 Å². The van der Waals surface area contributed by atoms with Crippen molar-refractivity contribution in [3.63, 3.8) is 0 Å². The van der Waals surface area contributed by atoms with Crippen molar-refractivity contribution in [3.05, 3.63) is 11.8 Å². The quantitative estimate of drug-likeness (QED) is 0.549. The topological polar surface area (TPSA) is 73.1 Å². The highest BCUT2D eigenvalue weighted by Gasteiger charge is 2.22. The monoisotopic (exact) mass is 194 g/mol. The van der Waals surface area contributed by atoms with Gasteiger partial charge in [0.05, 0.1) is 6.61 Å². The van der Waals surface area contributed by atoms with Gasteiger partial charge in [-0.1, -0.05) is 0 Å². The van der Waals surface area contributed by atoms with Crippen LogP contribution >= 0.6 is 0 Å². The van der Waals surface area contributed by atoms with E-state index in [0.717, 1.165) is 18.2 Å². The summed E-state index contributed by atoms with van der Waals surface area (Å²) in [5.41, 5.74) is 3.26. The summed E-state index contributed by atoms with van der Waals surface area (Å²) in [6, 6.07) is 1.81. The minimum Gasteiger partial charge on any atom is -0.477 e. The molecular formula is C9H14N4O. The first-order valence-electron chi connectivity index (χ1n) is 4.73. The summed E-state index contributed by atoms with van der Waals surface area (Å²) in [5, 5.41) is 0. The van der Waals surface area contributed by atoms with Gasteiger partial charge in [0.15, 0.2) is 0 Å². The van der Waals surface area contributed by atoms with Gasteiger partial charge < -0.3 is 4.74 Å². The lowest BCUT2D eigenvalue weighted by Crippen LogP contribution is -2.12. The smallest absolute Gasteiger partial charge is 0.240 e. The van der Waals surface area contributed by atoms with Crippen LogP contribution in [-0.2, 0) is 0 Å². The lowest BCUT2D eigenvalue weighted by Gasteiger charge is -2.06. The van der Waals surface area contributed by atoms with Crippen molar-refractivity contribution < 1.29 is 4.74 Å². The fraction of sp³-hybridized carbons (Fsp3) is 0.556. The first kappa shape index (κ1) is 9.21. The average molecular weight is 194 g/mol. The second-order valence-corrected chi connectivity index (χ2v) is 3.57. The zero-order valence-corrected chi connectivity index (χ0v) is 8.16. The van der Waals surface area contributed by atoms with Gasteiger partial charge in [-0.15, -0.1) is 0 Å². The van der Waals surface area contributed by atoms with E-state index in [0.29, 0.717) is 11.8 Å². The van der Waals surface area contributed by atoms with E-state index >= 15 is 0 Å². The van der Waals surface area contributed by atoms with Gasteiger partial charge in [0, 0.05) is 11.8 Å². The Bertz CT molecular complexity index is 325. The highest BCUT2D eigenvalue weighted by molar-refractivity contribution is 5.28. The zero-order valence-electron chi connectivity index (χ0n) is 8.16. The fourth-order valence-corrected chi connectivity index (χ4v) is 1.17. The van der Waals surface area contributed by atoms with Gasteiger partial charge in [-0.25, -0.2) is 10.8 Å².